The monoisotopic (exact) mass is 320 g/mol. The Balaban J connectivity index is 1.81. The molecular weight excluding hydrogens is 300 g/mol. The lowest BCUT2D eigenvalue weighted by Gasteiger charge is -2.17. The van der Waals surface area contributed by atoms with Crippen LogP contribution in [-0.2, 0) is 0 Å². The van der Waals surface area contributed by atoms with Crippen LogP contribution in [0.1, 0.15) is 20.3 Å². The predicted octanol–water partition coefficient (Wildman–Crippen LogP) is -0.345. The predicted molar refractivity (Wildman–Crippen MR) is 92.6 cm³/mol. The molecule has 0 bridgehead atoms. The minimum atomic E-state index is -0.520. The molecule has 2 aromatic carbocycles. The van der Waals surface area contributed by atoms with Gasteiger partial charge in [0.15, 0.2) is 0 Å². The molecule has 0 aliphatic rings. The molecule has 23 heavy (non-hydrogen) atoms. The summed E-state index contributed by atoms with van der Waals surface area (Å²) >= 11 is 0. The van der Waals surface area contributed by atoms with E-state index in [1.165, 1.54) is 0 Å². The maximum Gasteiger partial charge on any atom is 0.253 e. The smallest absolute Gasteiger partial charge is 0.253 e. The fraction of sp³-hybridized carbons (Fsp3) is 0.467. The Morgan fingerprint density at radius 1 is 0.739 bits per heavy atom. The van der Waals surface area contributed by atoms with Crippen molar-refractivity contribution in [1.29, 1.82) is 0 Å². The summed E-state index contributed by atoms with van der Waals surface area (Å²) in [5, 5.41) is 11.5. The first-order chi connectivity index (χ1) is 10.9. The summed E-state index contributed by atoms with van der Waals surface area (Å²) in [7, 11) is 1.58. The topological polar surface area (TPSA) is 116 Å². The third-order valence-electron chi connectivity index (χ3n) is 3.46. The second-order valence-electron chi connectivity index (χ2n) is 5.57. The maximum absolute atomic E-state index is 11.5. The molecule has 0 aromatic heterocycles. The Morgan fingerprint density at radius 2 is 1.17 bits per heavy atom. The van der Waals surface area contributed by atoms with Crippen LogP contribution in [0.15, 0.2) is 19.2 Å². The first-order valence-electron chi connectivity index (χ1n) is 7.47. The second-order valence-corrected chi connectivity index (χ2v) is 5.57. The molecule has 0 spiro atoms. The third kappa shape index (κ3) is 3.10. The molecule has 0 saturated heterocycles. The zero-order valence-electron chi connectivity index (χ0n) is 13.3. The molecule has 0 unspecified atom stereocenters. The van der Waals surface area contributed by atoms with Crippen LogP contribution < -0.4 is 43.0 Å². The largest absolute Gasteiger partial charge is 0.383 e. The Bertz CT molecular complexity index is 839. The molecule has 0 atom stereocenters. The van der Waals surface area contributed by atoms with Crippen molar-refractivity contribution in [2.45, 2.75) is 26.3 Å². The minimum Gasteiger partial charge on any atom is -0.383 e. The highest BCUT2D eigenvalue weighted by molar-refractivity contribution is 5.74. The molecule has 124 valence electrons. The van der Waals surface area contributed by atoms with E-state index in [9.17, 15) is 19.2 Å². The molecule has 0 aliphatic carbocycles. The SMILES string of the molecule is CNc1c(NCCCNc2c(NC(C)C)c(=O)c2=O)c(=O)c1=O. The molecule has 4 N–H and O–H groups in total. The summed E-state index contributed by atoms with van der Waals surface area (Å²) in [5.41, 5.74) is -0.800. The third-order valence-corrected chi connectivity index (χ3v) is 3.46. The summed E-state index contributed by atoms with van der Waals surface area (Å²) in [6.45, 7) is 4.70. The summed E-state index contributed by atoms with van der Waals surface area (Å²) < 4.78 is 0. The van der Waals surface area contributed by atoms with Gasteiger partial charge in [0.1, 0.15) is 22.7 Å². The lowest BCUT2D eigenvalue weighted by atomic mass is 10.1. The van der Waals surface area contributed by atoms with E-state index in [-0.39, 0.29) is 6.04 Å². The van der Waals surface area contributed by atoms with E-state index < -0.39 is 21.7 Å². The second kappa shape index (κ2) is 6.64. The van der Waals surface area contributed by atoms with Crippen LogP contribution in [0.5, 0.6) is 0 Å². The highest BCUT2D eigenvalue weighted by atomic mass is 16.2. The van der Waals surface area contributed by atoms with Gasteiger partial charge in [0.2, 0.25) is 0 Å². The average molecular weight is 320 g/mol. The van der Waals surface area contributed by atoms with Crippen molar-refractivity contribution in [3.63, 3.8) is 0 Å². The van der Waals surface area contributed by atoms with Crippen LogP contribution in [0, 0.1) is 0 Å². The molecule has 0 fully saturated rings. The zero-order chi connectivity index (χ0) is 17.1. The molecule has 0 aliphatic heterocycles. The van der Waals surface area contributed by atoms with E-state index in [4.69, 9.17) is 0 Å². The van der Waals surface area contributed by atoms with Crippen molar-refractivity contribution in [2.75, 3.05) is 41.4 Å². The van der Waals surface area contributed by atoms with E-state index in [0.717, 1.165) is 0 Å². The fourth-order valence-electron chi connectivity index (χ4n) is 2.30. The van der Waals surface area contributed by atoms with Gasteiger partial charge in [-0.2, -0.15) is 0 Å². The van der Waals surface area contributed by atoms with E-state index in [0.29, 0.717) is 42.3 Å². The first kappa shape index (κ1) is 16.7. The van der Waals surface area contributed by atoms with Crippen LogP contribution in [-0.4, -0.2) is 26.2 Å². The van der Waals surface area contributed by atoms with Gasteiger partial charge in [-0.3, -0.25) is 19.2 Å². The van der Waals surface area contributed by atoms with Crippen LogP contribution in [0.4, 0.5) is 22.7 Å². The summed E-state index contributed by atoms with van der Waals surface area (Å²) in [5.74, 6) is 0. The van der Waals surface area contributed by atoms with Crippen LogP contribution in [0.2, 0.25) is 0 Å². The molecule has 8 nitrogen and oxygen atoms in total. The van der Waals surface area contributed by atoms with Crippen molar-refractivity contribution in [3.05, 3.63) is 40.9 Å². The molecule has 0 heterocycles. The van der Waals surface area contributed by atoms with Crippen molar-refractivity contribution in [2.24, 2.45) is 0 Å². The van der Waals surface area contributed by atoms with Gasteiger partial charge in [-0.15, -0.1) is 0 Å². The van der Waals surface area contributed by atoms with Crippen LogP contribution >= 0.6 is 0 Å². The number of anilines is 4. The van der Waals surface area contributed by atoms with Crippen molar-refractivity contribution in [3.8, 4) is 0 Å². The zero-order valence-corrected chi connectivity index (χ0v) is 13.3. The highest BCUT2D eigenvalue weighted by Gasteiger charge is 2.21. The number of hydrogen-bond donors (Lipinski definition) is 4. The lowest BCUT2D eigenvalue weighted by Crippen LogP contribution is -2.39. The Labute approximate surface area is 132 Å². The number of nitrogens with one attached hydrogen (secondary N) is 4. The number of rotatable bonds is 9. The summed E-state index contributed by atoms with van der Waals surface area (Å²) in [6.07, 6.45) is 0.613. The highest BCUT2D eigenvalue weighted by Crippen LogP contribution is 2.15. The van der Waals surface area contributed by atoms with Gasteiger partial charge >= 0.3 is 0 Å². The molecule has 0 amide bonds. The van der Waals surface area contributed by atoms with Crippen LogP contribution in [0.25, 0.3) is 0 Å². The Kier molecular flexibility index (Phi) is 4.83. The Hall–Kier alpha value is -2.64. The van der Waals surface area contributed by atoms with Gasteiger partial charge in [0.25, 0.3) is 21.7 Å². The van der Waals surface area contributed by atoms with Crippen molar-refractivity contribution >= 4 is 22.7 Å². The van der Waals surface area contributed by atoms with E-state index in [1.807, 2.05) is 13.8 Å². The van der Waals surface area contributed by atoms with E-state index >= 15 is 0 Å². The van der Waals surface area contributed by atoms with Gasteiger partial charge in [0.05, 0.1) is 0 Å². The first-order valence-corrected chi connectivity index (χ1v) is 7.47. The average Bonchev–Trinajstić information content (AvgIpc) is 2.54. The van der Waals surface area contributed by atoms with E-state index in [2.05, 4.69) is 21.3 Å². The maximum atomic E-state index is 11.5. The summed E-state index contributed by atoms with van der Waals surface area (Å²) in [6, 6.07) is 0.0644. The molecule has 0 saturated carbocycles. The molecule has 2 aromatic rings. The molecule has 2 rings (SSSR count). The Morgan fingerprint density at radius 3 is 1.65 bits per heavy atom. The standard InChI is InChI=1S/C15H20N4O4/c1-7(2)19-11-10(14(22)15(11)23)18-6-4-5-17-9-8(16-3)12(20)13(9)21/h7,16-19H,4-6H2,1-3H3. The van der Waals surface area contributed by atoms with Crippen molar-refractivity contribution in [1.82, 2.24) is 0 Å². The number of hydrogen-bond acceptors (Lipinski definition) is 8. The fourth-order valence-corrected chi connectivity index (χ4v) is 2.30. The minimum absolute atomic E-state index is 0.0644. The van der Waals surface area contributed by atoms with E-state index in [1.54, 1.807) is 7.05 Å². The van der Waals surface area contributed by atoms with Gasteiger partial charge in [-0.1, -0.05) is 0 Å². The normalized spacial score (nSPS) is 11.1. The lowest BCUT2D eigenvalue weighted by molar-refractivity contribution is 0.883. The van der Waals surface area contributed by atoms with Gasteiger partial charge in [0, 0.05) is 26.2 Å². The van der Waals surface area contributed by atoms with Crippen LogP contribution in [0.3, 0.4) is 0 Å². The molecular formula is C15H20N4O4. The van der Waals surface area contributed by atoms with Gasteiger partial charge in [-0.05, 0) is 20.3 Å². The van der Waals surface area contributed by atoms with Gasteiger partial charge in [-0.25, -0.2) is 0 Å². The molecule has 8 heteroatoms. The quantitative estimate of drug-likeness (QED) is 0.366. The molecule has 0 radical (unpaired) electrons. The van der Waals surface area contributed by atoms with Crippen molar-refractivity contribution < 1.29 is 0 Å². The summed E-state index contributed by atoms with van der Waals surface area (Å²) in [4.78, 5) is 45.6. The van der Waals surface area contributed by atoms with Gasteiger partial charge < -0.3 is 21.3 Å².